The molecule has 88 valence electrons. The third-order valence-corrected chi connectivity index (χ3v) is 2.37. The van der Waals surface area contributed by atoms with E-state index < -0.39 is 12.0 Å². The van der Waals surface area contributed by atoms with Gasteiger partial charge in [-0.3, -0.25) is 4.79 Å². The van der Waals surface area contributed by atoms with E-state index in [1.165, 1.54) is 0 Å². The zero-order valence-electron chi connectivity index (χ0n) is 8.73. The van der Waals surface area contributed by atoms with Gasteiger partial charge < -0.3 is 15.6 Å². The van der Waals surface area contributed by atoms with Crippen LogP contribution in [-0.2, 0) is 11.2 Å². The van der Waals surface area contributed by atoms with Gasteiger partial charge in [-0.25, -0.2) is 0 Å². The molecular weight excluding hydrogens is 274 g/mol. The van der Waals surface area contributed by atoms with Crippen molar-refractivity contribution in [3.05, 3.63) is 29.8 Å². The number of hydrogen-bond acceptors (Lipinski definition) is 3. The van der Waals surface area contributed by atoms with Crippen molar-refractivity contribution in [3.8, 4) is 5.75 Å². The fourth-order valence-electron chi connectivity index (χ4n) is 1.22. The van der Waals surface area contributed by atoms with Crippen LogP contribution in [0.5, 0.6) is 5.75 Å². The fraction of sp³-hybridized carbons (Fsp3) is 0.364. The molecule has 0 saturated carbocycles. The Morgan fingerprint density at radius 1 is 1.44 bits per heavy atom. The summed E-state index contributed by atoms with van der Waals surface area (Å²) in [7, 11) is 0. The predicted molar refractivity (Wildman–Crippen MR) is 65.0 cm³/mol. The summed E-state index contributed by atoms with van der Waals surface area (Å²) in [6.07, 6.45) is 0.327. The number of aliphatic carboxylic acids is 1. The Balaban J connectivity index is 2.54. The van der Waals surface area contributed by atoms with Crippen molar-refractivity contribution in [2.45, 2.75) is 12.5 Å². The Labute approximate surface area is 103 Å². The first-order chi connectivity index (χ1) is 7.63. The van der Waals surface area contributed by atoms with E-state index in [9.17, 15) is 4.79 Å². The smallest absolute Gasteiger partial charge is 0.320 e. The lowest BCUT2D eigenvalue weighted by molar-refractivity contribution is -0.138. The SMILES string of the molecule is NC(Cc1ccc(OCCBr)cc1)C(=O)O. The molecular formula is C11H14BrNO3. The van der Waals surface area contributed by atoms with Gasteiger partial charge >= 0.3 is 5.97 Å². The molecule has 1 atom stereocenters. The van der Waals surface area contributed by atoms with Gasteiger partial charge in [0.1, 0.15) is 11.8 Å². The molecule has 1 rings (SSSR count). The number of carboxylic acid groups (broad SMARTS) is 1. The van der Waals surface area contributed by atoms with Gasteiger partial charge in [-0.05, 0) is 24.1 Å². The number of nitrogens with two attached hydrogens (primary N) is 1. The van der Waals surface area contributed by atoms with Crippen LogP contribution in [0.25, 0.3) is 0 Å². The summed E-state index contributed by atoms with van der Waals surface area (Å²) in [5.74, 6) is -0.216. The maximum atomic E-state index is 10.6. The van der Waals surface area contributed by atoms with Gasteiger partial charge in [0.25, 0.3) is 0 Å². The average Bonchev–Trinajstić information content (AvgIpc) is 2.28. The lowest BCUT2D eigenvalue weighted by Crippen LogP contribution is -2.32. The number of halogens is 1. The molecule has 0 fully saturated rings. The molecule has 0 radical (unpaired) electrons. The summed E-state index contributed by atoms with van der Waals surface area (Å²) < 4.78 is 5.37. The van der Waals surface area contributed by atoms with Gasteiger partial charge in [-0.1, -0.05) is 28.1 Å². The van der Waals surface area contributed by atoms with Crippen LogP contribution in [-0.4, -0.2) is 29.1 Å². The topological polar surface area (TPSA) is 72.5 Å². The molecule has 0 bridgehead atoms. The fourth-order valence-corrected chi connectivity index (χ4v) is 1.38. The number of carbonyl (C=O) groups is 1. The minimum atomic E-state index is -0.986. The lowest BCUT2D eigenvalue weighted by atomic mass is 10.1. The predicted octanol–water partition coefficient (Wildman–Crippen LogP) is 1.41. The zero-order valence-corrected chi connectivity index (χ0v) is 10.3. The van der Waals surface area contributed by atoms with Crippen molar-refractivity contribution in [1.29, 1.82) is 0 Å². The minimum absolute atomic E-state index is 0.327. The highest BCUT2D eigenvalue weighted by molar-refractivity contribution is 9.09. The Hall–Kier alpha value is -1.07. The zero-order chi connectivity index (χ0) is 12.0. The standard InChI is InChI=1S/C11H14BrNO3/c12-5-6-16-9-3-1-8(2-4-9)7-10(13)11(14)15/h1-4,10H,5-7,13H2,(H,14,15). The molecule has 0 aliphatic rings. The Morgan fingerprint density at radius 3 is 2.56 bits per heavy atom. The highest BCUT2D eigenvalue weighted by atomic mass is 79.9. The van der Waals surface area contributed by atoms with Gasteiger partial charge in [0.05, 0.1) is 6.61 Å². The number of alkyl halides is 1. The number of ether oxygens (including phenoxy) is 1. The van der Waals surface area contributed by atoms with Crippen LogP contribution in [0.4, 0.5) is 0 Å². The van der Waals surface area contributed by atoms with Crippen molar-refractivity contribution < 1.29 is 14.6 Å². The molecule has 3 N–H and O–H groups in total. The minimum Gasteiger partial charge on any atom is -0.493 e. The van der Waals surface area contributed by atoms with Crippen molar-refractivity contribution in [3.63, 3.8) is 0 Å². The molecule has 0 saturated heterocycles. The molecule has 0 aliphatic carbocycles. The quantitative estimate of drug-likeness (QED) is 0.776. The van der Waals surface area contributed by atoms with Crippen molar-refractivity contribution in [2.75, 3.05) is 11.9 Å². The molecule has 0 spiro atoms. The summed E-state index contributed by atoms with van der Waals surface area (Å²) in [6.45, 7) is 0.605. The second kappa shape index (κ2) is 6.50. The van der Waals surface area contributed by atoms with Gasteiger partial charge in [0, 0.05) is 5.33 Å². The second-order valence-electron chi connectivity index (χ2n) is 3.33. The number of hydrogen-bond donors (Lipinski definition) is 2. The Kier molecular flexibility index (Phi) is 5.28. The molecule has 0 aromatic heterocycles. The molecule has 5 heteroatoms. The third kappa shape index (κ3) is 4.20. The summed E-state index contributed by atoms with van der Waals surface area (Å²) in [4.78, 5) is 10.6. The monoisotopic (exact) mass is 287 g/mol. The number of benzene rings is 1. The highest BCUT2D eigenvalue weighted by Crippen LogP contribution is 2.13. The van der Waals surface area contributed by atoms with Crippen LogP contribution in [0.3, 0.4) is 0 Å². The molecule has 1 aromatic rings. The average molecular weight is 288 g/mol. The lowest BCUT2D eigenvalue weighted by Gasteiger charge is -2.08. The normalized spacial score (nSPS) is 12.1. The van der Waals surface area contributed by atoms with Gasteiger partial charge in [0.2, 0.25) is 0 Å². The number of rotatable bonds is 6. The van der Waals surface area contributed by atoms with Crippen molar-refractivity contribution in [1.82, 2.24) is 0 Å². The largest absolute Gasteiger partial charge is 0.493 e. The van der Waals surface area contributed by atoms with E-state index in [0.29, 0.717) is 13.0 Å². The summed E-state index contributed by atoms with van der Waals surface area (Å²) in [5.41, 5.74) is 6.32. The van der Waals surface area contributed by atoms with Crippen molar-refractivity contribution in [2.24, 2.45) is 5.73 Å². The first-order valence-electron chi connectivity index (χ1n) is 4.89. The van der Waals surface area contributed by atoms with Gasteiger partial charge in [-0.15, -0.1) is 0 Å². The first kappa shape index (κ1) is 13.0. The van der Waals surface area contributed by atoms with E-state index in [2.05, 4.69) is 15.9 Å². The van der Waals surface area contributed by atoms with Crippen LogP contribution in [0.1, 0.15) is 5.56 Å². The molecule has 0 heterocycles. The Bertz CT molecular complexity index is 340. The summed E-state index contributed by atoms with van der Waals surface area (Å²) in [5, 5.41) is 9.44. The molecule has 0 amide bonds. The molecule has 1 aromatic carbocycles. The van der Waals surface area contributed by atoms with Crippen LogP contribution < -0.4 is 10.5 Å². The van der Waals surface area contributed by atoms with Gasteiger partial charge in [-0.2, -0.15) is 0 Å². The van der Waals surface area contributed by atoms with E-state index >= 15 is 0 Å². The van der Waals surface area contributed by atoms with Gasteiger partial charge in [0.15, 0.2) is 0 Å². The summed E-state index contributed by atoms with van der Waals surface area (Å²) in [6, 6.07) is 6.42. The maximum Gasteiger partial charge on any atom is 0.320 e. The van der Waals surface area contributed by atoms with Crippen LogP contribution in [0.2, 0.25) is 0 Å². The van der Waals surface area contributed by atoms with Crippen LogP contribution in [0.15, 0.2) is 24.3 Å². The highest BCUT2D eigenvalue weighted by Gasteiger charge is 2.11. The van der Waals surface area contributed by atoms with Crippen molar-refractivity contribution >= 4 is 21.9 Å². The number of carboxylic acids is 1. The van der Waals surface area contributed by atoms with E-state index in [1.54, 1.807) is 0 Å². The molecule has 4 nitrogen and oxygen atoms in total. The van der Waals surface area contributed by atoms with E-state index in [-0.39, 0.29) is 0 Å². The van der Waals surface area contributed by atoms with E-state index in [0.717, 1.165) is 16.6 Å². The second-order valence-corrected chi connectivity index (χ2v) is 4.12. The van der Waals surface area contributed by atoms with Crippen LogP contribution >= 0.6 is 15.9 Å². The molecule has 1 unspecified atom stereocenters. The third-order valence-electron chi connectivity index (χ3n) is 2.04. The first-order valence-corrected chi connectivity index (χ1v) is 6.01. The molecule has 16 heavy (non-hydrogen) atoms. The van der Waals surface area contributed by atoms with E-state index in [4.69, 9.17) is 15.6 Å². The molecule has 0 aliphatic heterocycles. The van der Waals surface area contributed by atoms with E-state index in [1.807, 2.05) is 24.3 Å². The summed E-state index contributed by atoms with van der Waals surface area (Å²) >= 11 is 3.26. The Morgan fingerprint density at radius 2 is 2.06 bits per heavy atom. The maximum absolute atomic E-state index is 10.6. The van der Waals surface area contributed by atoms with Crippen LogP contribution in [0, 0.1) is 0 Å².